The van der Waals surface area contributed by atoms with E-state index in [1.165, 1.54) is 12.8 Å². The topological polar surface area (TPSA) is 54.3 Å². The fourth-order valence-electron chi connectivity index (χ4n) is 2.40. The summed E-state index contributed by atoms with van der Waals surface area (Å²) in [5.41, 5.74) is 1.60. The number of hydrogen-bond donors (Lipinski definition) is 1. The van der Waals surface area contributed by atoms with E-state index in [1.807, 2.05) is 6.07 Å². The molecule has 1 aliphatic heterocycles. The fraction of sp³-hybridized carbons (Fsp3) is 0.500. The molecule has 1 saturated heterocycles. The molecule has 1 atom stereocenters. The van der Waals surface area contributed by atoms with Crippen molar-refractivity contribution in [2.24, 2.45) is 0 Å². The normalized spacial score (nSPS) is 18.4. The number of nitriles is 1. The van der Waals surface area contributed by atoms with Gasteiger partial charge in [0.25, 0.3) is 0 Å². The summed E-state index contributed by atoms with van der Waals surface area (Å²) in [7, 11) is 3.22. The Morgan fingerprint density at radius 1 is 1.33 bits per heavy atom. The smallest absolute Gasteiger partial charge is 0.137 e. The molecule has 2 rings (SSSR count). The second kappa shape index (κ2) is 5.74. The van der Waals surface area contributed by atoms with Crippen molar-refractivity contribution in [1.29, 1.82) is 5.26 Å². The maximum Gasteiger partial charge on any atom is 0.137 e. The van der Waals surface area contributed by atoms with Gasteiger partial charge in [-0.2, -0.15) is 5.26 Å². The van der Waals surface area contributed by atoms with Crippen LogP contribution in [0.4, 0.5) is 0 Å². The summed E-state index contributed by atoms with van der Waals surface area (Å²) in [6.45, 7) is 1.08. The van der Waals surface area contributed by atoms with E-state index in [1.54, 1.807) is 20.3 Å². The second-order valence-corrected chi connectivity index (χ2v) is 4.47. The van der Waals surface area contributed by atoms with Gasteiger partial charge in [-0.15, -0.1) is 0 Å². The highest BCUT2D eigenvalue weighted by Gasteiger charge is 2.18. The molecule has 18 heavy (non-hydrogen) atoms. The summed E-state index contributed by atoms with van der Waals surface area (Å²) < 4.78 is 10.6. The fourth-order valence-corrected chi connectivity index (χ4v) is 2.40. The quantitative estimate of drug-likeness (QED) is 0.881. The van der Waals surface area contributed by atoms with Crippen LogP contribution in [0.2, 0.25) is 0 Å². The Morgan fingerprint density at radius 3 is 2.67 bits per heavy atom. The zero-order valence-electron chi connectivity index (χ0n) is 10.8. The standard InChI is InChI=1S/C14H18N2O2/c1-17-13-8-11(9-15)14(18-2)7-10(13)6-12-4-3-5-16-12/h7-8,12,16H,3-6H2,1-2H3. The summed E-state index contributed by atoms with van der Waals surface area (Å²) in [4.78, 5) is 0. The molecule has 0 bridgehead atoms. The van der Waals surface area contributed by atoms with Crippen molar-refractivity contribution in [3.05, 3.63) is 23.3 Å². The van der Waals surface area contributed by atoms with Crippen LogP contribution < -0.4 is 14.8 Å². The molecule has 1 N–H and O–H groups in total. The summed E-state index contributed by atoms with van der Waals surface area (Å²) in [6.07, 6.45) is 3.32. The zero-order valence-corrected chi connectivity index (χ0v) is 10.8. The van der Waals surface area contributed by atoms with Gasteiger partial charge in [0, 0.05) is 12.1 Å². The number of nitrogens with one attached hydrogen (secondary N) is 1. The van der Waals surface area contributed by atoms with Crippen LogP contribution in [-0.4, -0.2) is 26.8 Å². The van der Waals surface area contributed by atoms with Gasteiger partial charge in [0.05, 0.1) is 19.8 Å². The first kappa shape index (κ1) is 12.7. The number of benzene rings is 1. The molecular weight excluding hydrogens is 228 g/mol. The van der Waals surface area contributed by atoms with Crippen LogP contribution in [0.15, 0.2) is 12.1 Å². The van der Waals surface area contributed by atoms with E-state index in [9.17, 15) is 0 Å². The first-order chi connectivity index (χ1) is 8.78. The summed E-state index contributed by atoms with van der Waals surface area (Å²) in [5.74, 6) is 1.38. The minimum atomic E-state index is 0.497. The van der Waals surface area contributed by atoms with Gasteiger partial charge < -0.3 is 14.8 Å². The Bertz CT molecular complexity index is 460. The number of ether oxygens (including phenoxy) is 2. The van der Waals surface area contributed by atoms with Crippen molar-refractivity contribution in [1.82, 2.24) is 5.32 Å². The molecule has 0 radical (unpaired) electrons. The van der Waals surface area contributed by atoms with Crippen LogP contribution >= 0.6 is 0 Å². The van der Waals surface area contributed by atoms with Crippen LogP contribution in [0.3, 0.4) is 0 Å². The number of methoxy groups -OCH3 is 2. The Labute approximate surface area is 108 Å². The van der Waals surface area contributed by atoms with Crippen LogP contribution in [0.25, 0.3) is 0 Å². The molecule has 1 aliphatic rings. The Morgan fingerprint density at radius 2 is 2.11 bits per heavy atom. The highest BCUT2D eigenvalue weighted by Crippen LogP contribution is 2.30. The van der Waals surface area contributed by atoms with Gasteiger partial charge in [-0.25, -0.2) is 0 Å². The monoisotopic (exact) mass is 246 g/mol. The van der Waals surface area contributed by atoms with Gasteiger partial charge in [-0.1, -0.05) is 0 Å². The number of nitrogens with zero attached hydrogens (tertiary/aromatic N) is 1. The van der Waals surface area contributed by atoms with Crippen molar-refractivity contribution in [2.45, 2.75) is 25.3 Å². The van der Waals surface area contributed by atoms with Crippen molar-refractivity contribution in [2.75, 3.05) is 20.8 Å². The molecule has 0 amide bonds. The number of hydrogen-bond acceptors (Lipinski definition) is 4. The lowest BCUT2D eigenvalue weighted by Crippen LogP contribution is -2.23. The van der Waals surface area contributed by atoms with Gasteiger partial charge in [-0.3, -0.25) is 0 Å². The molecule has 1 heterocycles. The van der Waals surface area contributed by atoms with Crippen LogP contribution in [0, 0.1) is 11.3 Å². The van der Waals surface area contributed by atoms with E-state index in [2.05, 4.69) is 11.4 Å². The minimum Gasteiger partial charge on any atom is -0.496 e. The predicted octanol–water partition coefficient (Wildman–Crippen LogP) is 1.87. The van der Waals surface area contributed by atoms with E-state index in [0.717, 1.165) is 24.3 Å². The average molecular weight is 246 g/mol. The molecule has 4 heteroatoms. The van der Waals surface area contributed by atoms with Crippen molar-refractivity contribution in [3.8, 4) is 17.6 Å². The third-order valence-corrected chi connectivity index (χ3v) is 3.35. The Kier molecular flexibility index (Phi) is 4.06. The van der Waals surface area contributed by atoms with Crippen molar-refractivity contribution in [3.63, 3.8) is 0 Å². The highest BCUT2D eigenvalue weighted by molar-refractivity contribution is 5.52. The molecule has 0 aromatic heterocycles. The van der Waals surface area contributed by atoms with Gasteiger partial charge >= 0.3 is 0 Å². The molecule has 1 fully saturated rings. The summed E-state index contributed by atoms with van der Waals surface area (Å²) >= 11 is 0. The van der Waals surface area contributed by atoms with Crippen LogP contribution in [0.5, 0.6) is 11.5 Å². The molecule has 0 saturated carbocycles. The molecule has 4 nitrogen and oxygen atoms in total. The lowest BCUT2D eigenvalue weighted by Gasteiger charge is -2.15. The molecular formula is C14H18N2O2. The summed E-state index contributed by atoms with van der Waals surface area (Å²) in [6, 6.07) is 6.29. The molecule has 0 spiro atoms. The van der Waals surface area contributed by atoms with Gasteiger partial charge in [0.1, 0.15) is 17.6 Å². The van der Waals surface area contributed by atoms with Crippen molar-refractivity contribution >= 4 is 0 Å². The molecule has 1 aromatic rings. The molecule has 1 unspecified atom stereocenters. The molecule has 0 aliphatic carbocycles. The second-order valence-electron chi connectivity index (χ2n) is 4.47. The first-order valence-corrected chi connectivity index (χ1v) is 6.17. The number of rotatable bonds is 4. The predicted molar refractivity (Wildman–Crippen MR) is 69.0 cm³/mol. The molecule has 1 aromatic carbocycles. The lowest BCUT2D eigenvalue weighted by molar-refractivity contribution is 0.395. The first-order valence-electron chi connectivity index (χ1n) is 6.17. The highest BCUT2D eigenvalue weighted by atomic mass is 16.5. The van der Waals surface area contributed by atoms with E-state index >= 15 is 0 Å². The largest absolute Gasteiger partial charge is 0.496 e. The SMILES string of the molecule is COc1cc(CC2CCCN2)c(OC)cc1C#N. The average Bonchev–Trinajstić information content (AvgIpc) is 2.91. The lowest BCUT2D eigenvalue weighted by atomic mass is 10.0. The molecule has 96 valence electrons. The van der Waals surface area contributed by atoms with E-state index in [-0.39, 0.29) is 0 Å². The third-order valence-electron chi connectivity index (χ3n) is 3.35. The van der Waals surface area contributed by atoms with Crippen molar-refractivity contribution < 1.29 is 9.47 Å². The van der Waals surface area contributed by atoms with Crippen LogP contribution in [0.1, 0.15) is 24.0 Å². The third kappa shape index (κ3) is 2.57. The zero-order chi connectivity index (χ0) is 13.0. The van der Waals surface area contributed by atoms with Crippen LogP contribution in [-0.2, 0) is 6.42 Å². The summed E-state index contributed by atoms with van der Waals surface area (Å²) in [5, 5.41) is 12.5. The van der Waals surface area contributed by atoms with E-state index in [0.29, 0.717) is 17.4 Å². The van der Waals surface area contributed by atoms with Gasteiger partial charge in [0.2, 0.25) is 0 Å². The Hall–Kier alpha value is -1.73. The van der Waals surface area contributed by atoms with Gasteiger partial charge in [-0.05, 0) is 37.4 Å². The minimum absolute atomic E-state index is 0.497. The van der Waals surface area contributed by atoms with Gasteiger partial charge in [0.15, 0.2) is 0 Å². The maximum absolute atomic E-state index is 9.05. The van der Waals surface area contributed by atoms with E-state index in [4.69, 9.17) is 14.7 Å². The Balaban J connectivity index is 2.29. The van der Waals surface area contributed by atoms with E-state index < -0.39 is 0 Å². The maximum atomic E-state index is 9.05.